The van der Waals surface area contributed by atoms with Gasteiger partial charge < -0.3 is 9.79 Å². The minimum absolute atomic E-state index is 0. The van der Waals surface area contributed by atoms with Gasteiger partial charge in [-0.1, -0.05) is 0 Å². The molecular formula is K3O5P2+3. The predicted octanol–water partition coefficient (Wildman–Crippen LogP) is -9.95. The van der Waals surface area contributed by atoms with Crippen molar-refractivity contribution in [2.45, 2.75) is 0 Å². The third-order valence-electron chi connectivity index (χ3n) is 0.133. The van der Waals surface area contributed by atoms with E-state index in [-0.39, 0.29) is 154 Å². The molecule has 40 valence electrons. The molecule has 0 saturated heterocycles. The Morgan fingerprint density at radius 1 is 0.900 bits per heavy atom. The van der Waals surface area contributed by atoms with Crippen LogP contribution in [0.3, 0.4) is 0 Å². The van der Waals surface area contributed by atoms with Gasteiger partial charge in [-0.15, -0.1) is 0 Å². The van der Waals surface area contributed by atoms with Crippen LogP contribution in [0.25, 0.3) is 0 Å². The van der Waals surface area contributed by atoms with Crippen molar-refractivity contribution in [1.29, 1.82) is 0 Å². The first-order valence-corrected chi connectivity index (χ1v) is 3.29. The van der Waals surface area contributed by atoms with Crippen LogP contribution in [0.5, 0.6) is 0 Å². The standard InChI is InChI=1S/3K.O5P2/c;;;1-6(2)5-7(3)4/q3*+1;. The smallest absolute Gasteiger partial charge is 0.563 e. The van der Waals surface area contributed by atoms with Gasteiger partial charge in [-0.05, 0) is 9.13 Å². The Balaban J connectivity index is -0.0000000600. The van der Waals surface area contributed by atoms with Gasteiger partial charge in [0.05, 0.1) is 0 Å². The van der Waals surface area contributed by atoms with Gasteiger partial charge in [-0.2, -0.15) is 0 Å². The molecule has 0 aromatic heterocycles. The Morgan fingerprint density at radius 3 is 1.10 bits per heavy atom. The van der Waals surface area contributed by atoms with Gasteiger partial charge in [-0.25, -0.2) is 0 Å². The molecule has 0 aliphatic heterocycles. The molecule has 0 rings (SSSR count). The van der Waals surface area contributed by atoms with Crippen LogP contribution in [0.15, 0.2) is 0 Å². The Morgan fingerprint density at radius 2 is 1.10 bits per heavy atom. The summed E-state index contributed by atoms with van der Waals surface area (Å²) in [5.41, 5.74) is 0. The minimum Gasteiger partial charge on any atom is -0.563 e. The van der Waals surface area contributed by atoms with Gasteiger partial charge in [0.1, 0.15) is 4.31 Å². The molecule has 0 aliphatic rings. The van der Waals surface area contributed by atoms with Crippen LogP contribution in [0.2, 0.25) is 0 Å². The molecule has 0 aliphatic carbocycles. The molecule has 0 fully saturated rings. The molecule has 0 spiro atoms. The average molecular weight is 259 g/mol. The second-order valence-corrected chi connectivity index (χ2v) is 2.08. The van der Waals surface area contributed by atoms with E-state index in [4.69, 9.17) is 0 Å². The van der Waals surface area contributed by atoms with Gasteiger partial charge >= 0.3 is 171 Å². The van der Waals surface area contributed by atoms with Crippen LogP contribution < -0.4 is 164 Å². The fraction of sp³-hybridized carbons (Fsp3) is 0. The fourth-order valence-electron chi connectivity index (χ4n) is 0.0544. The van der Waals surface area contributed by atoms with Crippen molar-refractivity contribution in [3.05, 3.63) is 0 Å². The zero-order chi connectivity index (χ0) is 5.86. The van der Waals surface area contributed by atoms with Crippen molar-refractivity contribution in [3.63, 3.8) is 0 Å². The van der Waals surface area contributed by atoms with E-state index in [1.54, 1.807) is 0 Å². The molecule has 10 heteroatoms. The monoisotopic (exact) mass is 259 g/mol. The number of rotatable bonds is 2. The molecule has 0 heterocycles. The maximum Gasteiger partial charge on any atom is 1.00 e. The second-order valence-electron chi connectivity index (χ2n) is 0.529. The van der Waals surface area contributed by atoms with Crippen molar-refractivity contribution in [2.75, 3.05) is 0 Å². The van der Waals surface area contributed by atoms with E-state index in [0.717, 1.165) is 0 Å². The SMILES string of the molecule is O=[P+]([O-])O[P+](=O)[O-].[K+].[K+].[K+]. The summed E-state index contributed by atoms with van der Waals surface area (Å²) in [6.45, 7) is 0. The van der Waals surface area contributed by atoms with Gasteiger partial charge in [0.15, 0.2) is 0 Å². The number of hydrogen-bond acceptors (Lipinski definition) is 5. The Bertz CT molecular complexity index is 91.1. The molecular weight excluding hydrogens is 259 g/mol. The van der Waals surface area contributed by atoms with E-state index >= 15 is 0 Å². The molecule has 0 aromatic rings. The van der Waals surface area contributed by atoms with Crippen molar-refractivity contribution in [1.82, 2.24) is 0 Å². The third kappa shape index (κ3) is 23.1. The summed E-state index contributed by atoms with van der Waals surface area (Å²) in [6, 6.07) is 0. The summed E-state index contributed by atoms with van der Waals surface area (Å²) < 4.78 is 21.6. The molecule has 0 aromatic carbocycles. The molecule has 2 atom stereocenters. The zero-order valence-corrected chi connectivity index (χ0v) is 17.1. The maximum absolute atomic E-state index is 9.24. The van der Waals surface area contributed by atoms with Crippen LogP contribution in [-0.2, 0) is 13.4 Å². The van der Waals surface area contributed by atoms with Crippen molar-refractivity contribution >= 4 is 16.5 Å². The Labute approximate surface area is 188 Å². The summed E-state index contributed by atoms with van der Waals surface area (Å²) in [5.74, 6) is 0. The average Bonchev–Trinajstić information content (AvgIpc) is 1.27. The maximum atomic E-state index is 9.24. The molecule has 0 radical (unpaired) electrons. The van der Waals surface area contributed by atoms with Crippen molar-refractivity contribution in [3.8, 4) is 0 Å². The van der Waals surface area contributed by atoms with E-state index in [1.807, 2.05) is 0 Å². The fourth-order valence-corrected chi connectivity index (χ4v) is 0.490. The van der Waals surface area contributed by atoms with Crippen molar-refractivity contribution < 1.29 is 177 Å². The summed E-state index contributed by atoms with van der Waals surface area (Å²) in [6.07, 6.45) is 0. The summed E-state index contributed by atoms with van der Waals surface area (Å²) in [7, 11) is -6.47. The van der Waals surface area contributed by atoms with E-state index in [2.05, 4.69) is 4.31 Å². The number of hydrogen-bond donors (Lipinski definition) is 0. The molecule has 0 amide bonds. The molecule has 5 nitrogen and oxygen atoms in total. The molecule has 2 unspecified atom stereocenters. The first-order valence-electron chi connectivity index (χ1n) is 1.10. The second kappa shape index (κ2) is 16.4. The quantitative estimate of drug-likeness (QED) is 0.363. The first kappa shape index (κ1) is 24.3. The van der Waals surface area contributed by atoms with Crippen LogP contribution in [0.1, 0.15) is 0 Å². The molecule has 0 bridgehead atoms. The first-order chi connectivity index (χ1) is 3.13. The van der Waals surface area contributed by atoms with Gasteiger partial charge in [0.2, 0.25) is 0 Å². The minimum atomic E-state index is -3.24. The Hall–Kier alpha value is 4.99. The van der Waals surface area contributed by atoms with Gasteiger partial charge in [0, 0.05) is 0 Å². The van der Waals surface area contributed by atoms with E-state index < -0.39 is 16.5 Å². The largest absolute Gasteiger partial charge is 1.00 e. The molecule has 10 heavy (non-hydrogen) atoms. The normalized spacial score (nSPS) is 9.40. The third-order valence-corrected chi connectivity index (χ3v) is 1.20. The zero-order valence-electron chi connectivity index (χ0n) is 5.94. The molecule has 0 saturated carbocycles. The van der Waals surface area contributed by atoms with Crippen LogP contribution >= 0.6 is 16.5 Å². The summed E-state index contributed by atoms with van der Waals surface area (Å²) >= 11 is 0. The summed E-state index contributed by atoms with van der Waals surface area (Å²) in [5, 5.41) is 0. The Kier molecular flexibility index (Phi) is 39.9. The molecule has 0 N–H and O–H groups in total. The van der Waals surface area contributed by atoms with Crippen LogP contribution in [0, 0.1) is 0 Å². The van der Waals surface area contributed by atoms with Crippen LogP contribution in [-0.4, -0.2) is 0 Å². The van der Waals surface area contributed by atoms with Crippen LogP contribution in [0.4, 0.5) is 0 Å². The topological polar surface area (TPSA) is 89.5 Å². The summed E-state index contributed by atoms with van der Waals surface area (Å²) in [4.78, 5) is 18.5. The van der Waals surface area contributed by atoms with E-state index in [0.29, 0.717) is 0 Å². The van der Waals surface area contributed by atoms with Gasteiger partial charge in [-0.3, -0.25) is 0 Å². The van der Waals surface area contributed by atoms with E-state index in [9.17, 15) is 18.9 Å². The van der Waals surface area contributed by atoms with Crippen molar-refractivity contribution in [2.24, 2.45) is 0 Å². The predicted molar refractivity (Wildman–Crippen MR) is 16.3 cm³/mol. The van der Waals surface area contributed by atoms with Gasteiger partial charge in [0.25, 0.3) is 0 Å². The van der Waals surface area contributed by atoms with E-state index in [1.165, 1.54) is 0 Å².